The average molecular weight is 274 g/mol. The molecule has 0 saturated heterocycles. The summed E-state index contributed by atoms with van der Waals surface area (Å²) < 4.78 is 1.65. The third-order valence-corrected chi connectivity index (χ3v) is 2.98. The van der Waals surface area contributed by atoms with Gasteiger partial charge < -0.3 is 5.11 Å². The first-order valence-electron chi connectivity index (χ1n) is 5.48. The van der Waals surface area contributed by atoms with Crippen LogP contribution in [-0.2, 0) is 0 Å². The number of rotatable bonds is 2. The summed E-state index contributed by atoms with van der Waals surface area (Å²) in [5.74, 6) is -0.725. The number of nitrogens with zero attached hydrogens (tertiary/aromatic N) is 3. The SMILES string of the molecule is O=C(O)c1cn2c(-c3ccc(Cl)cc3)ccnc2n1. The van der Waals surface area contributed by atoms with E-state index in [0.29, 0.717) is 10.8 Å². The topological polar surface area (TPSA) is 67.5 Å². The van der Waals surface area contributed by atoms with Gasteiger partial charge in [0.05, 0.1) is 5.69 Å². The highest BCUT2D eigenvalue weighted by atomic mass is 35.5. The van der Waals surface area contributed by atoms with Gasteiger partial charge in [-0.3, -0.25) is 4.40 Å². The van der Waals surface area contributed by atoms with Crippen LogP contribution < -0.4 is 0 Å². The number of hydrogen-bond acceptors (Lipinski definition) is 3. The number of halogens is 1. The second-order valence-corrected chi connectivity index (χ2v) is 4.37. The minimum atomic E-state index is -1.08. The summed E-state index contributed by atoms with van der Waals surface area (Å²) in [6.45, 7) is 0. The Bertz CT molecular complexity index is 765. The lowest BCUT2D eigenvalue weighted by molar-refractivity contribution is 0.0691. The summed E-state index contributed by atoms with van der Waals surface area (Å²) in [6.07, 6.45) is 3.05. The van der Waals surface area contributed by atoms with Crippen LogP contribution in [0.1, 0.15) is 10.5 Å². The molecule has 2 aromatic heterocycles. The van der Waals surface area contributed by atoms with Crippen molar-refractivity contribution in [2.24, 2.45) is 0 Å². The van der Waals surface area contributed by atoms with Crippen molar-refractivity contribution in [3.8, 4) is 11.3 Å². The Balaban J connectivity index is 2.23. The zero-order valence-electron chi connectivity index (χ0n) is 9.62. The van der Waals surface area contributed by atoms with Crippen LogP contribution in [0, 0.1) is 0 Å². The van der Waals surface area contributed by atoms with E-state index in [-0.39, 0.29) is 5.69 Å². The smallest absolute Gasteiger partial charge is 0.356 e. The van der Waals surface area contributed by atoms with Gasteiger partial charge in [0.2, 0.25) is 5.78 Å². The number of aromatic nitrogens is 3. The number of carboxylic acid groups (broad SMARTS) is 1. The summed E-state index contributed by atoms with van der Waals surface area (Å²) >= 11 is 5.85. The van der Waals surface area contributed by atoms with Gasteiger partial charge in [0.25, 0.3) is 0 Å². The molecular weight excluding hydrogens is 266 g/mol. The van der Waals surface area contributed by atoms with Crippen molar-refractivity contribution in [3.63, 3.8) is 0 Å². The number of carboxylic acids is 1. The van der Waals surface area contributed by atoms with Gasteiger partial charge >= 0.3 is 5.97 Å². The van der Waals surface area contributed by atoms with Crippen molar-refractivity contribution in [2.75, 3.05) is 0 Å². The number of hydrogen-bond donors (Lipinski definition) is 1. The van der Waals surface area contributed by atoms with Crippen LogP contribution in [0.15, 0.2) is 42.7 Å². The molecule has 0 fully saturated rings. The molecular formula is C13H8ClN3O2. The number of benzene rings is 1. The van der Waals surface area contributed by atoms with Crippen LogP contribution in [0.25, 0.3) is 17.0 Å². The van der Waals surface area contributed by atoms with E-state index >= 15 is 0 Å². The number of fused-ring (bicyclic) bond motifs is 1. The molecule has 2 heterocycles. The van der Waals surface area contributed by atoms with Gasteiger partial charge in [-0.2, -0.15) is 0 Å². The molecule has 19 heavy (non-hydrogen) atoms. The molecule has 3 rings (SSSR count). The molecule has 0 radical (unpaired) electrons. The lowest BCUT2D eigenvalue weighted by Gasteiger charge is -2.04. The van der Waals surface area contributed by atoms with E-state index < -0.39 is 5.97 Å². The predicted molar refractivity (Wildman–Crippen MR) is 70.4 cm³/mol. The van der Waals surface area contributed by atoms with Crippen LogP contribution in [0.5, 0.6) is 0 Å². The van der Waals surface area contributed by atoms with Crippen LogP contribution >= 0.6 is 11.6 Å². The summed E-state index contributed by atoms with van der Waals surface area (Å²) in [6, 6.07) is 9.06. The molecule has 94 valence electrons. The first-order chi connectivity index (χ1) is 9.15. The predicted octanol–water partition coefficient (Wildman–Crippen LogP) is 2.75. The molecule has 0 aliphatic heterocycles. The third kappa shape index (κ3) is 2.04. The highest BCUT2D eigenvalue weighted by molar-refractivity contribution is 6.30. The lowest BCUT2D eigenvalue weighted by Crippen LogP contribution is -1.95. The van der Waals surface area contributed by atoms with Gasteiger partial charge in [-0.1, -0.05) is 23.7 Å². The van der Waals surface area contributed by atoms with E-state index in [2.05, 4.69) is 9.97 Å². The average Bonchev–Trinajstić information content (AvgIpc) is 2.83. The fourth-order valence-electron chi connectivity index (χ4n) is 1.85. The number of aromatic carboxylic acids is 1. The zero-order valence-corrected chi connectivity index (χ0v) is 10.4. The molecule has 0 bridgehead atoms. The van der Waals surface area contributed by atoms with Crippen molar-refractivity contribution in [1.29, 1.82) is 0 Å². The van der Waals surface area contributed by atoms with Crippen molar-refractivity contribution in [1.82, 2.24) is 14.4 Å². The molecule has 0 aliphatic carbocycles. The molecule has 0 atom stereocenters. The van der Waals surface area contributed by atoms with Gasteiger partial charge in [0.15, 0.2) is 5.69 Å². The monoisotopic (exact) mass is 273 g/mol. The van der Waals surface area contributed by atoms with E-state index in [4.69, 9.17) is 16.7 Å². The summed E-state index contributed by atoms with van der Waals surface area (Å²) in [5, 5.41) is 9.61. The molecule has 0 spiro atoms. The summed E-state index contributed by atoms with van der Waals surface area (Å²) in [5.41, 5.74) is 1.68. The Morgan fingerprint density at radius 2 is 1.95 bits per heavy atom. The second-order valence-electron chi connectivity index (χ2n) is 3.94. The molecule has 0 unspecified atom stereocenters. The Morgan fingerprint density at radius 1 is 1.21 bits per heavy atom. The molecule has 0 aliphatic rings. The highest BCUT2D eigenvalue weighted by Gasteiger charge is 2.12. The van der Waals surface area contributed by atoms with E-state index in [1.807, 2.05) is 12.1 Å². The normalized spacial score (nSPS) is 10.8. The Hall–Kier alpha value is -2.40. The van der Waals surface area contributed by atoms with Crippen LogP contribution in [-0.4, -0.2) is 25.4 Å². The van der Waals surface area contributed by atoms with Gasteiger partial charge in [-0.05, 0) is 23.8 Å². The molecule has 3 aromatic rings. The maximum absolute atomic E-state index is 10.9. The first kappa shape index (κ1) is 11.7. The minimum Gasteiger partial charge on any atom is -0.476 e. The van der Waals surface area contributed by atoms with Crippen molar-refractivity contribution < 1.29 is 9.90 Å². The maximum Gasteiger partial charge on any atom is 0.356 e. The minimum absolute atomic E-state index is 0.0334. The molecule has 0 saturated carbocycles. The van der Waals surface area contributed by atoms with E-state index in [1.165, 1.54) is 6.20 Å². The maximum atomic E-state index is 10.9. The first-order valence-corrected chi connectivity index (χ1v) is 5.86. The van der Waals surface area contributed by atoms with Crippen molar-refractivity contribution in [2.45, 2.75) is 0 Å². The van der Waals surface area contributed by atoms with Crippen LogP contribution in [0.4, 0.5) is 0 Å². The summed E-state index contributed by atoms with van der Waals surface area (Å²) in [7, 11) is 0. The molecule has 1 N–H and O–H groups in total. The fraction of sp³-hybridized carbons (Fsp3) is 0. The van der Waals surface area contributed by atoms with Crippen LogP contribution in [0.3, 0.4) is 0 Å². The van der Waals surface area contributed by atoms with Gasteiger partial charge in [0, 0.05) is 17.4 Å². The second kappa shape index (κ2) is 4.37. The Labute approximate surface area is 113 Å². The Morgan fingerprint density at radius 3 is 2.63 bits per heavy atom. The van der Waals surface area contributed by atoms with Crippen molar-refractivity contribution in [3.05, 3.63) is 53.4 Å². The van der Waals surface area contributed by atoms with Crippen molar-refractivity contribution >= 4 is 23.3 Å². The lowest BCUT2D eigenvalue weighted by atomic mass is 10.1. The molecule has 6 heteroatoms. The highest BCUT2D eigenvalue weighted by Crippen LogP contribution is 2.22. The molecule has 0 amide bonds. The fourth-order valence-corrected chi connectivity index (χ4v) is 1.98. The Kier molecular flexibility index (Phi) is 2.68. The van der Waals surface area contributed by atoms with E-state index in [1.54, 1.807) is 28.8 Å². The number of imidazole rings is 1. The third-order valence-electron chi connectivity index (χ3n) is 2.73. The van der Waals surface area contributed by atoms with Gasteiger partial charge in [-0.25, -0.2) is 14.8 Å². The molecule has 5 nitrogen and oxygen atoms in total. The quantitative estimate of drug-likeness (QED) is 0.779. The van der Waals surface area contributed by atoms with Gasteiger partial charge in [0.1, 0.15) is 0 Å². The van der Waals surface area contributed by atoms with Gasteiger partial charge in [-0.15, -0.1) is 0 Å². The van der Waals surface area contributed by atoms with E-state index in [9.17, 15) is 4.79 Å². The number of carbonyl (C=O) groups is 1. The van der Waals surface area contributed by atoms with E-state index in [0.717, 1.165) is 11.3 Å². The molecule has 1 aromatic carbocycles. The largest absolute Gasteiger partial charge is 0.476 e. The van der Waals surface area contributed by atoms with Crippen LogP contribution in [0.2, 0.25) is 5.02 Å². The summed E-state index contributed by atoms with van der Waals surface area (Å²) in [4.78, 5) is 18.9. The zero-order chi connectivity index (χ0) is 13.4. The standard InChI is InChI=1S/C13H8ClN3O2/c14-9-3-1-8(2-4-9)11-5-6-15-13-16-10(12(18)19)7-17(11)13/h1-7H,(H,18,19).